The van der Waals surface area contributed by atoms with Crippen LogP contribution in [-0.4, -0.2) is 37.0 Å². The van der Waals surface area contributed by atoms with Crippen molar-refractivity contribution in [1.82, 2.24) is 5.32 Å². The molecule has 2 amide bonds. The lowest BCUT2D eigenvalue weighted by Gasteiger charge is -2.15. The van der Waals surface area contributed by atoms with Crippen LogP contribution in [0.5, 0.6) is 0 Å². The summed E-state index contributed by atoms with van der Waals surface area (Å²) in [6.07, 6.45) is -1.35. The summed E-state index contributed by atoms with van der Waals surface area (Å²) in [4.78, 5) is 35.4. The number of rotatable bonds is 5. The van der Waals surface area contributed by atoms with Gasteiger partial charge in [-0.15, -0.1) is 0 Å². The van der Waals surface area contributed by atoms with Crippen LogP contribution in [0.3, 0.4) is 0 Å². The molecule has 1 fully saturated rings. The van der Waals surface area contributed by atoms with Gasteiger partial charge in [-0.3, -0.25) is 14.5 Å². The van der Waals surface area contributed by atoms with E-state index in [0.717, 1.165) is 17.0 Å². The van der Waals surface area contributed by atoms with Gasteiger partial charge in [0.2, 0.25) is 5.91 Å². The van der Waals surface area contributed by atoms with Crippen molar-refractivity contribution in [2.45, 2.75) is 20.0 Å². The molecular formula is C20H18F2N2O4. The summed E-state index contributed by atoms with van der Waals surface area (Å²) in [6, 6.07) is 8.03. The number of benzene rings is 2. The SMILES string of the molecule is CC(=O)NCC1CN(c2cc(F)c(-c3ccc(C(C)=O)cc3)c(F)c2)C(=O)O1. The fourth-order valence-electron chi connectivity index (χ4n) is 2.96. The lowest BCUT2D eigenvalue weighted by molar-refractivity contribution is -0.119. The van der Waals surface area contributed by atoms with E-state index in [1.54, 1.807) is 0 Å². The number of Topliss-reactive ketones (excluding diaryl/α,β-unsaturated/α-hetero) is 1. The summed E-state index contributed by atoms with van der Waals surface area (Å²) in [5.41, 5.74) is 0.487. The van der Waals surface area contributed by atoms with Crippen LogP contribution in [-0.2, 0) is 9.53 Å². The van der Waals surface area contributed by atoms with E-state index in [2.05, 4.69) is 5.32 Å². The van der Waals surface area contributed by atoms with Gasteiger partial charge in [0.05, 0.1) is 24.3 Å². The molecule has 0 saturated carbocycles. The maximum Gasteiger partial charge on any atom is 0.414 e. The zero-order valence-electron chi connectivity index (χ0n) is 15.3. The minimum atomic E-state index is -0.844. The molecule has 6 nitrogen and oxygen atoms in total. The highest BCUT2D eigenvalue weighted by molar-refractivity contribution is 5.94. The second kappa shape index (κ2) is 7.75. The second-order valence-corrected chi connectivity index (χ2v) is 6.47. The summed E-state index contributed by atoms with van der Waals surface area (Å²) in [6.45, 7) is 2.91. The Bertz CT molecular complexity index is 921. The molecule has 2 aromatic rings. The van der Waals surface area contributed by atoms with Crippen LogP contribution >= 0.6 is 0 Å². The van der Waals surface area contributed by atoms with Crippen molar-refractivity contribution in [1.29, 1.82) is 0 Å². The molecule has 1 heterocycles. The largest absolute Gasteiger partial charge is 0.442 e. The maximum atomic E-state index is 14.6. The van der Waals surface area contributed by atoms with Gasteiger partial charge in [-0.1, -0.05) is 24.3 Å². The number of nitrogens with one attached hydrogen (secondary N) is 1. The molecule has 3 rings (SSSR count). The number of nitrogens with zero attached hydrogens (tertiary/aromatic N) is 1. The quantitative estimate of drug-likeness (QED) is 0.798. The molecule has 0 radical (unpaired) electrons. The normalized spacial score (nSPS) is 16.1. The van der Waals surface area contributed by atoms with Crippen molar-refractivity contribution < 1.29 is 27.9 Å². The van der Waals surface area contributed by atoms with Crippen LogP contribution in [0.2, 0.25) is 0 Å². The molecule has 0 spiro atoms. The Hall–Kier alpha value is -3.29. The Morgan fingerprint density at radius 2 is 1.75 bits per heavy atom. The molecule has 1 unspecified atom stereocenters. The van der Waals surface area contributed by atoms with Crippen LogP contribution in [0.1, 0.15) is 24.2 Å². The molecule has 0 aromatic heterocycles. The number of carbonyl (C=O) groups excluding carboxylic acids is 3. The third kappa shape index (κ3) is 4.00. The van der Waals surface area contributed by atoms with Gasteiger partial charge in [-0.2, -0.15) is 0 Å². The van der Waals surface area contributed by atoms with E-state index >= 15 is 0 Å². The first-order chi connectivity index (χ1) is 13.3. The number of ether oxygens (including phenoxy) is 1. The lowest BCUT2D eigenvalue weighted by atomic mass is 10.0. The minimum absolute atomic E-state index is 0.0226. The van der Waals surface area contributed by atoms with Crippen molar-refractivity contribution >= 4 is 23.5 Å². The average molecular weight is 388 g/mol. The third-order valence-corrected chi connectivity index (χ3v) is 4.37. The van der Waals surface area contributed by atoms with Gasteiger partial charge in [0.25, 0.3) is 0 Å². The van der Waals surface area contributed by atoms with Gasteiger partial charge in [0.15, 0.2) is 5.78 Å². The molecule has 1 aliphatic rings. The van der Waals surface area contributed by atoms with E-state index in [0.29, 0.717) is 5.56 Å². The van der Waals surface area contributed by atoms with Gasteiger partial charge in [-0.25, -0.2) is 13.6 Å². The molecule has 28 heavy (non-hydrogen) atoms. The number of ketones is 1. The second-order valence-electron chi connectivity index (χ2n) is 6.47. The van der Waals surface area contributed by atoms with E-state index < -0.39 is 23.8 Å². The molecule has 0 bridgehead atoms. The summed E-state index contributed by atoms with van der Waals surface area (Å²) in [5.74, 6) is -2.11. The highest BCUT2D eigenvalue weighted by Crippen LogP contribution is 2.32. The third-order valence-electron chi connectivity index (χ3n) is 4.37. The average Bonchev–Trinajstić information content (AvgIpc) is 3.00. The number of amides is 2. The van der Waals surface area contributed by atoms with Crippen LogP contribution < -0.4 is 10.2 Å². The van der Waals surface area contributed by atoms with Gasteiger partial charge < -0.3 is 10.1 Å². The van der Waals surface area contributed by atoms with E-state index in [-0.39, 0.29) is 41.6 Å². The molecular weight excluding hydrogens is 370 g/mol. The Balaban J connectivity index is 1.85. The highest BCUT2D eigenvalue weighted by atomic mass is 19.1. The smallest absolute Gasteiger partial charge is 0.414 e. The Morgan fingerprint density at radius 1 is 1.14 bits per heavy atom. The van der Waals surface area contributed by atoms with Crippen molar-refractivity contribution in [3.63, 3.8) is 0 Å². The number of hydrogen-bond acceptors (Lipinski definition) is 4. The predicted octanol–water partition coefficient (Wildman–Crippen LogP) is 3.30. The number of cyclic esters (lactones) is 1. The van der Waals surface area contributed by atoms with Crippen molar-refractivity contribution in [3.05, 3.63) is 53.6 Å². The summed E-state index contributed by atoms with van der Waals surface area (Å²) >= 11 is 0. The lowest BCUT2D eigenvalue weighted by Crippen LogP contribution is -2.33. The van der Waals surface area contributed by atoms with Gasteiger partial charge in [0, 0.05) is 12.5 Å². The summed E-state index contributed by atoms with van der Waals surface area (Å²) in [5, 5.41) is 2.53. The van der Waals surface area contributed by atoms with Crippen molar-refractivity contribution in [2.24, 2.45) is 0 Å². The van der Waals surface area contributed by atoms with Gasteiger partial charge in [-0.05, 0) is 24.6 Å². The number of halogens is 2. The van der Waals surface area contributed by atoms with Crippen LogP contribution in [0.15, 0.2) is 36.4 Å². The first kappa shape index (κ1) is 19.5. The van der Waals surface area contributed by atoms with Crippen molar-refractivity contribution in [2.75, 3.05) is 18.0 Å². The van der Waals surface area contributed by atoms with Crippen LogP contribution in [0.25, 0.3) is 11.1 Å². The fraction of sp³-hybridized carbons (Fsp3) is 0.250. The van der Waals surface area contributed by atoms with Gasteiger partial charge in [0.1, 0.15) is 17.7 Å². The van der Waals surface area contributed by atoms with Crippen LogP contribution in [0.4, 0.5) is 19.3 Å². The molecule has 8 heteroatoms. The molecule has 0 aliphatic carbocycles. The molecule has 1 saturated heterocycles. The maximum absolute atomic E-state index is 14.6. The first-order valence-electron chi connectivity index (χ1n) is 8.59. The van der Waals surface area contributed by atoms with E-state index in [4.69, 9.17) is 4.74 Å². The first-order valence-corrected chi connectivity index (χ1v) is 8.59. The summed E-state index contributed by atoms with van der Waals surface area (Å²) < 4.78 is 34.4. The Kier molecular flexibility index (Phi) is 5.39. The molecule has 2 aromatic carbocycles. The molecule has 1 N–H and O–H groups in total. The molecule has 1 aliphatic heterocycles. The number of anilines is 1. The standard InChI is InChI=1S/C20H18F2N2O4/c1-11(25)13-3-5-14(6-4-13)19-17(21)7-15(8-18(19)22)24-10-16(28-20(24)27)9-23-12(2)26/h3-8,16H,9-10H2,1-2H3,(H,23,26). The minimum Gasteiger partial charge on any atom is -0.442 e. The molecule has 146 valence electrons. The number of hydrogen-bond donors (Lipinski definition) is 1. The highest BCUT2D eigenvalue weighted by Gasteiger charge is 2.33. The number of carbonyl (C=O) groups is 3. The Labute approximate surface area is 160 Å². The Morgan fingerprint density at radius 3 is 2.29 bits per heavy atom. The van der Waals surface area contributed by atoms with E-state index in [1.807, 2.05) is 0 Å². The summed E-state index contributed by atoms with van der Waals surface area (Å²) in [7, 11) is 0. The monoisotopic (exact) mass is 388 g/mol. The zero-order valence-corrected chi connectivity index (χ0v) is 15.3. The molecule has 1 atom stereocenters. The fourth-order valence-corrected chi connectivity index (χ4v) is 2.96. The predicted molar refractivity (Wildman–Crippen MR) is 98.1 cm³/mol. The zero-order chi connectivity index (χ0) is 20.4. The van der Waals surface area contributed by atoms with Crippen LogP contribution in [0, 0.1) is 11.6 Å². The van der Waals surface area contributed by atoms with Crippen molar-refractivity contribution in [3.8, 4) is 11.1 Å². The van der Waals surface area contributed by atoms with E-state index in [9.17, 15) is 23.2 Å². The van der Waals surface area contributed by atoms with E-state index in [1.165, 1.54) is 38.1 Å². The van der Waals surface area contributed by atoms with Gasteiger partial charge >= 0.3 is 6.09 Å². The topological polar surface area (TPSA) is 75.7 Å².